The van der Waals surface area contributed by atoms with E-state index in [1.807, 2.05) is 26.1 Å². The first-order valence-electron chi connectivity index (χ1n) is 11.8. The number of hydrogen-bond donors (Lipinski definition) is 0. The van der Waals surface area contributed by atoms with Crippen LogP contribution in [-0.2, 0) is 12.5 Å². The van der Waals surface area contributed by atoms with Crippen molar-refractivity contribution in [2.24, 2.45) is 7.05 Å². The molecule has 0 saturated heterocycles. The lowest BCUT2D eigenvalue weighted by Crippen LogP contribution is -2.32. The fourth-order valence-electron chi connectivity index (χ4n) is 4.66. The molecule has 0 bridgehead atoms. The van der Waals surface area contributed by atoms with Gasteiger partial charge in [0.15, 0.2) is 6.20 Å². The molecule has 1 aliphatic carbocycles. The molecule has 1 aliphatic rings. The molecule has 1 atom stereocenters. The number of aromatic nitrogens is 2. The third-order valence-corrected chi connectivity index (χ3v) is 6.28. The van der Waals surface area contributed by atoms with E-state index < -0.39 is 12.3 Å². The summed E-state index contributed by atoms with van der Waals surface area (Å²) < 4.78 is 27.7. The molecule has 148 valence electrons. The number of hydrogen-bond acceptors (Lipinski definition) is 1. The van der Waals surface area contributed by atoms with Crippen LogP contribution in [0.1, 0.15) is 40.3 Å². The fourth-order valence-corrected chi connectivity index (χ4v) is 4.66. The Kier molecular flexibility index (Phi) is 3.44. The van der Waals surface area contributed by atoms with Gasteiger partial charge in [-0.3, -0.25) is 4.98 Å². The minimum Gasteiger partial charge on any atom is -0.260 e. The minimum absolute atomic E-state index is 0.629. The van der Waals surface area contributed by atoms with E-state index in [0.29, 0.717) is 5.69 Å². The highest BCUT2D eigenvalue weighted by Gasteiger charge is 2.40. The first kappa shape index (κ1) is 15.6. The maximum atomic E-state index is 8.55. The van der Waals surface area contributed by atoms with Gasteiger partial charge in [0.25, 0.3) is 0 Å². The molecule has 0 saturated carbocycles. The second-order valence-corrected chi connectivity index (χ2v) is 8.48. The van der Waals surface area contributed by atoms with Gasteiger partial charge in [0, 0.05) is 33.4 Å². The first-order chi connectivity index (χ1) is 15.6. The lowest BCUT2D eigenvalue weighted by atomic mass is 9.80. The molecule has 0 amide bonds. The molecule has 30 heavy (non-hydrogen) atoms. The van der Waals surface area contributed by atoms with Gasteiger partial charge < -0.3 is 0 Å². The van der Waals surface area contributed by atoms with E-state index in [1.54, 1.807) is 6.20 Å². The number of fused-ring (bicyclic) bond motifs is 3. The van der Waals surface area contributed by atoms with Crippen molar-refractivity contribution in [3.8, 4) is 33.5 Å². The Morgan fingerprint density at radius 1 is 0.933 bits per heavy atom. The molecule has 2 heteroatoms. The average Bonchev–Trinajstić information content (AvgIpc) is 3.05. The Balaban J connectivity index is 1.83. The van der Waals surface area contributed by atoms with Crippen molar-refractivity contribution < 1.29 is 8.68 Å². The molecular formula is C28H27N2+. The fraction of sp³-hybridized carbons (Fsp3) is 0.214. The summed E-state index contributed by atoms with van der Waals surface area (Å²) in [6, 6.07) is 20.8. The molecule has 0 radical (unpaired) electrons. The Morgan fingerprint density at radius 3 is 2.50 bits per heavy atom. The molecule has 0 aliphatic heterocycles. The van der Waals surface area contributed by atoms with Crippen LogP contribution in [0.2, 0.25) is 0 Å². The molecule has 2 aromatic carbocycles. The Labute approximate surface area is 183 Å². The van der Waals surface area contributed by atoms with Crippen LogP contribution in [0.3, 0.4) is 0 Å². The molecule has 2 aromatic heterocycles. The van der Waals surface area contributed by atoms with E-state index in [9.17, 15) is 0 Å². The van der Waals surface area contributed by atoms with Gasteiger partial charge in [-0.05, 0) is 47.7 Å². The van der Waals surface area contributed by atoms with E-state index >= 15 is 0 Å². The summed E-state index contributed by atoms with van der Waals surface area (Å²) in [5, 5.41) is 0. The van der Waals surface area contributed by atoms with Crippen molar-refractivity contribution in [2.75, 3.05) is 0 Å². The standard InChI is InChI=1S/C28H27N2/c1-18-8-11-20(12-9-18)21-14-16-30(5)24(17-21)25-19(2)10-13-22-23-7-6-15-29-27(23)28(3,4)26(22)25/h6-17H,1-5H3/q+1/i3D3. The Morgan fingerprint density at radius 2 is 1.73 bits per heavy atom. The van der Waals surface area contributed by atoms with Gasteiger partial charge in [-0.25, -0.2) is 4.57 Å². The van der Waals surface area contributed by atoms with Crippen LogP contribution in [-0.4, -0.2) is 4.98 Å². The third-order valence-electron chi connectivity index (χ3n) is 6.28. The minimum atomic E-state index is -2.25. The van der Waals surface area contributed by atoms with E-state index in [0.717, 1.165) is 44.6 Å². The predicted molar refractivity (Wildman–Crippen MR) is 123 cm³/mol. The maximum absolute atomic E-state index is 8.55. The summed E-state index contributed by atoms with van der Waals surface area (Å²) >= 11 is 0. The second kappa shape index (κ2) is 6.63. The monoisotopic (exact) mass is 394 g/mol. The smallest absolute Gasteiger partial charge is 0.213 e. The summed E-state index contributed by atoms with van der Waals surface area (Å²) in [5.74, 6) is 0. The largest absolute Gasteiger partial charge is 0.260 e. The quantitative estimate of drug-likeness (QED) is 0.372. The number of nitrogens with zero attached hydrogens (tertiary/aromatic N) is 2. The highest BCUT2D eigenvalue weighted by Crippen LogP contribution is 2.51. The molecule has 2 heterocycles. The van der Waals surface area contributed by atoms with Gasteiger partial charge in [0.2, 0.25) is 5.69 Å². The van der Waals surface area contributed by atoms with Crippen LogP contribution in [0.5, 0.6) is 0 Å². The molecule has 0 spiro atoms. The maximum Gasteiger partial charge on any atom is 0.213 e. The highest BCUT2D eigenvalue weighted by molar-refractivity contribution is 5.87. The summed E-state index contributed by atoms with van der Waals surface area (Å²) in [7, 11) is 2.01. The lowest BCUT2D eigenvalue weighted by molar-refractivity contribution is -0.660. The Hall–Kier alpha value is -3.26. The zero-order valence-electron chi connectivity index (χ0n) is 20.8. The van der Waals surface area contributed by atoms with Gasteiger partial charge in [-0.2, -0.15) is 0 Å². The third kappa shape index (κ3) is 2.71. The highest BCUT2D eigenvalue weighted by atomic mass is 14.9. The summed E-state index contributed by atoms with van der Waals surface area (Å²) in [6.07, 6.45) is 3.75. The number of pyridine rings is 2. The van der Waals surface area contributed by atoms with Crippen molar-refractivity contribution in [2.45, 2.75) is 33.0 Å². The lowest BCUT2D eigenvalue weighted by Gasteiger charge is -2.23. The van der Waals surface area contributed by atoms with Crippen LogP contribution in [0.4, 0.5) is 0 Å². The summed E-state index contributed by atoms with van der Waals surface area (Å²) in [5.41, 5.74) is 8.60. The zero-order valence-corrected chi connectivity index (χ0v) is 17.8. The van der Waals surface area contributed by atoms with Crippen molar-refractivity contribution in [1.29, 1.82) is 0 Å². The second-order valence-electron chi connectivity index (χ2n) is 8.48. The van der Waals surface area contributed by atoms with E-state index in [4.69, 9.17) is 4.11 Å². The topological polar surface area (TPSA) is 16.8 Å². The molecule has 4 aromatic rings. The van der Waals surface area contributed by atoms with Crippen molar-refractivity contribution in [3.05, 3.63) is 95.4 Å². The van der Waals surface area contributed by atoms with Crippen molar-refractivity contribution in [1.82, 2.24) is 4.98 Å². The number of aryl methyl sites for hydroxylation is 3. The molecule has 5 rings (SSSR count). The van der Waals surface area contributed by atoms with Crippen LogP contribution in [0, 0.1) is 13.8 Å². The van der Waals surface area contributed by atoms with Crippen LogP contribution >= 0.6 is 0 Å². The molecule has 1 unspecified atom stereocenters. The first-order valence-corrected chi connectivity index (χ1v) is 10.3. The van der Waals surface area contributed by atoms with Gasteiger partial charge >= 0.3 is 0 Å². The van der Waals surface area contributed by atoms with Gasteiger partial charge in [-0.15, -0.1) is 0 Å². The molecule has 0 N–H and O–H groups in total. The Bertz CT molecular complexity index is 1390. The van der Waals surface area contributed by atoms with E-state index in [-0.39, 0.29) is 0 Å². The summed E-state index contributed by atoms with van der Waals surface area (Å²) in [6.45, 7) is 3.71. The molecule has 2 nitrogen and oxygen atoms in total. The SMILES string of the molecule is [2H]C([2H])([2H])C1(C)c2ncccc2-c2ccc(C)c(-c3cc(-c4ccc(C)cc4)cc[n+]3C)c21. The van der Waals surface area contributed by atoms with E-state index in [2.05, 4.69) is 78.1 Å². The number of benzene rings is 2. The van der Waals surface area contributed by atoms with Crippen molar-refractivity contribution >= 4 is 0 Å². The van der Waals surface area contributed by atoms with Gasteiger partial charge in [-0.1, -0.05) is 61.8 Å². The summed E-state index contributed by atoms with van der Waals surface area (Å²) in [4.78, 5) is 4.59. The van der Waals surface area contributed by atoms with Crippen LogP contribution in [0.15, 0.2) is 73.1 Å². The van der Waals surface area contributed by atoms with E-state index in [1.165, 1.54) is 5.56 Å². The average molecular weight is 395 g/mol. The zero-order chi connectivity index (χ0) is 23.5. The van der Waals surface area contributed by atoms with Crippen molar-refractivity contribution in [3.63, 3.8) is 0 Å². The van der Waals surface area contributed by atoms with Gasteiger partial charge in [0.1, 0.15) is 7.05 Å². The van der Waals surface area contributed by atoms with Crippen LogP contribution in [0.25, 0.3) is 33.5 Å². The molecular weight excluding hydrogens is 364 g/mol. The number of rotatable bonds is 2. The molecule has 0 fully saturated rings. The predicted octanol–water partition coefficient (Wildman–Crippen LogP) is 6.16. The van der Waals surface area contributed by atoms with Crippen LogP contribution < -0.4 is 4.57 Å². The normalized spacial score (nSPS) is 18.9. The van der Waals surface area contributed by atoms with Gasteiger partial charge in [0.05, 0.1) is 11.3 Å².